The molecule has 0 spiro atoms. The van der Waals surface area contributed by atoms with E-state index in [1.165, 1.54) is 11.0 Å². The molecule has 2 aromatic heterocycles. The van der Waals surface area contributed by atoms with Gasteiger partial charge in [-0.05, 0) is 37.3 Å². The second-order valence-corrected chi connectivity index (χ2v) is 7.49. The van der Waals surface area contributed by atoms with Crippen molar-refractivity contribution in [1.29, 1.82) is 5.26 Å². The second kappa shape index (κ2) is 8.53. The Morgan fingerprint density at radius 3 is 2.75 bits per heavy atom. The maximum absolute atomic E-state index is 12.2. The molecular formula is C22H18ClN6O3+. The number of carbonyl (C=O) groups excluding carboxylic acids is 1. The minimum atomic E-state index is -0.151. The Bertz CT molecular complexity index is 1380. The molecule has 1 amide bonds. The topological polar surface area (TPSA) is 118 Å². The van der Waals surface area contributed by atoms with Gasteiger partial charge >= 0.3 is 17.5 Å². The lowest BCUT2D eigenvalue weighted by atomic mass is 10.2. The Hall–Kier alpha value is -4.16. The first-order valence-electron chi connectivity index (χ1n) is 9.51. The zero-order valence-electron chi connectivity index (χ0n) is 17.4. The van der Waals surface area contributed by atoms with Crippen LogP contribution >= 0.6 is 11.6 Å². The number of aromatic nitrogens is 4. The van der Waals surface area contributed by atoms with E-state index in [0.717, 1.165) is 0 Å². The van der Waals surface area contributed by atoms with Crippen LogP contribution < -0.4 is 14.5 Å². The number of benzene rings is 2. The van der Waals surface area contributed by atoms with Crippen LogP contribution in [0.15, 0.2) is 42.5 Å². The number of nitriles is 1. The predicted octanol–water partition coefficient (Wildman–Crippen LogP) is 3.89. The molecule has 0 bridgehead atoms. The van der Waals surface area contributed by atoms with Crippen molar-refractivity contribution in [1.82, 2.24) is 19.9 Å². The molecule has 4 aromatic rings. The van der Waals surface area contributed by atoms with Gasteiger partial charge in [-0.15, -0.1) is 0 Å². The van der Waals surface area contributed by atoms with Crippen LogP contribution in [-0.2, 0) is 0 Å². The molecule has 0 aliphatic heterocycles. The summed E-state index contributed by atoms with van der Waals surface area (Å²) in [6.07, 6.45) is 0. The summed E-state index contributed by atoms with van der Waals surface area (Å²) >= 11 is 6.24. The number of hydrogen-bond donors (Lipinski definition) is 1. The summed E-state index contributed by atoms with van der Waals surface area (Å²) in [6, 6.07) is 13.6. The standard InChI is InChI=1S/C22H17ClN6O3/c1-12-25-18-19(26-12)27-22(31-15-6-4-5-14(10-15)21(30)29(2)3)28-20(18)32-17-9-13(11-24)7-8-16(17)23/h4-10H,1-3H3,(H,25,26,27,28)/p+1. The van der Waals surface area contributed by atoms with Gasteiger partial charge in [0.2, 0.25) is 0 Å². The third kappa shape index (κ3) is 4.31. The Morgan fingerprint density at radius 2 is 2.00 bits per heavy atom. The highest BCUT2D eigenvalue weighted by molar-refractivity contribution is 6.32. The Kier molecular flexibility index (Phi) is 5.62. The summed E-state index contributed by atoms with van der Waals surface area (Å²) in [6.45, 7) is 1.78. The van der Waals surface area contributed by atoms with Gasteiger partial charge in [-0.1, -0.05) is 17.7 Å². The molecule has 0 aliphatic rings. The number of aromatic amines is 2. The van der Waals surface area contributed by atoms with Crippen LogP contribution in [0.5, 0.6) is 23.4 Å². The Labute approximate surface area is 188 Å². The molecule has 0 unspecified atom stereocenters. The Balaban J connectivity index is 1.73. The van der Waals surface area contributed by atoms with Crippen LogP contribution in [0.4, 0.5) is 0 Å². The van der Waals surface area contributed by atoms with E-state index < -0.39 is 0 Å². The number of fused-ring (bicyclic) bond motifs is 1. The summed E-state index contributed by atoms with van der Waals surface area (Å²) in [5.74, 6) is 1.41. The van der Waals surface area contributed by atoms with Gasteiger partial charge in [0.05, 0.1) is 16.7 Å². The predicted molar refractivity (Wildman–Crippen MR) is 116 cm³/mol. The number of carbonyl (C=O) groups is 1. The molecule has 0 saturated carbocycles. The molecule has 0 radical (unpaired) electrons. The lowest BCUT2D eigenvalue weighted by Crippen LogP contribution is -2.21. The van der Waals surface area contributed by atoms with E-state index in [1.807, 2.05) is 0 Å². The largest absolute Gasteiger partial charge is 0.507 e. The van der Waals surface area contributed by atoms with Gasteiger partial charge in [0.1, 0.15) is 11.6 Å². The van der Waals surface area contributed by atoms with Crippen LogP contribution in [0.2, 0.25) is 5.02 Å². The lowest BCUT2D eigenvalue weighted by molar-refractivity contribution is -0.405. The fraction of sp³-hybridized carbons (Fsp3) is 0.136. The van der Waals surface area contributed by atoms with Crippen molar-refractivity contribution in [3.05, 3.63) is 64.4 Å². The highest BCUT2D eigenvalue weighted by Crippen LogP contribution is 2.32. The molecule has 4 rings (SSSR count). The third-order valence-corrected chi connectivity index (χ3v) is 4.74. The second-order valence-electron chi connectivity index (χ2n) is 7.08. The minimum absolute atomic E-state index is 0.0982. The SMILES string of the molecule is Cc1nc2nc(Oc3cccc(C(=O)N(C)C)c3)[nH+]c(Oc3cc(C#N)ccc3Cl)c2[nH]1. The lowest BCUT2D eigenvalue weighted by Gasteiger charge is -2.10. The van der Waals surface area contributed by atoms with E-state index >= 15 is 0 Å². The van der Waals surface area contributed by atoms with Gasteiger partial charge in [0.15, 0.2) is 11.3 Å². The molecular weight excluding hydrogens is 432 g/mol. The van der Waals surface area contributed by atoms with E-state index in [0.29, 0.717) is 38.9 Å². The number of hydrogen-bond acceptors (Lipinski definition) is 6. The first-order valence-corrected chi connectivity index (χ1v) is 9.88. The van der Waals surface area contributed by atoms with Crippen LogP contribution in [0.3, 0.4) is 0 Å². The zero-order chi connectivity index (χ0) is 22.8. The number of ether oxygens (including phenoxy) is 2. The minimum Gasteiger partial charge on any atom is -0.420 e. The molecule has 160 valence electrons. The van der Waals surface area contributed by atoms with Gasteiger partial charge in [0, 0.05) is 30.7 Å². The molecule has 0 aliphatic carbocycles. The molecule has 0 atom stereocenters. The van der Waals surface area contributed by atoms with Crippen LogP contribution in [0.25, 0.3) is 11.2 Å². The Morgan fingerprint density at radius 1 is 1.19 bits per heavy atom. The van der Waals surface area contributed by atoms with Crippen molar-refractivity contribution in [2.45, 2.75) is 6.92 Å². The smallest absolute Gasteiger partial charge is 0.420 e. The number of halogens is 1. The average molecular weight is 450 g/mol. The normalized spacial score (nSPS) is 10.6. The summed E-state index contributed by atoms with van der Waals surface area (Å²) in [7, 11) is 3.35. The first kappa shape index (κ1) is 21.1. The fourth-order valence-electron chi connectivity index (χ4n) is 2.95. The summed E-state index contributed by atoms with van der Waals surface area (Å²) in [5.41, 5.74) is 1.74. The molecule has 2 N–H and O–H groups in total. The van der Waals surface area contributed by atoms with Gasteiger partial charge in [-0.25, -0.2) is 0 Å². The zero-order valence-corrected chi connectivity index (χ0v) is 18.2. The molecule has 2 aromatic carbocycles. The quantitative estimate of drug-likeness (QED) is 0.493. The fourth-order valence-corrected chi connectivity index (χ4v) is 3.11. The molecule has 0 saturated heterocycles. The summed E-state index contributed by atoms with van der Waals surface area (Å²) in [5, 5.41) is 9.50. The molecule has 9 nitrogen and oxygen atoms in total. The van der Waals surface area contributed by atoms with Crippen molar-refractivity contribution in [3.63, 3.8) is 0 Å². The summed E-state index contributed by atoms with van der Waals surface area (Å²) in [4.78, 5) is 28.5. The van der Waals surface area contributed by atoms with Crippen molar-refractivity contribution in [2.75, 3.05) is 14.1 Å². The first-order chi connectivity index (χ1) is 15.3. The van der Waals surface area contributed by atoms with Crippen molar-refractivity contribution < 1.29 is 19.3 Å². The maximum atomic E-state index is 12.2. The van der Waals surface area contributed by atoms with Crippen molar-refractivity contribution in [2.24, 2.45) is 0 Å². The highest BCUT2D eigenvalue weighted by atomic mass is 35.5. The number of aryl methyl sites for hydroxylation is 1. The van der Waals surface area contributed by atoms with Crippen molar-refractivity contribution in [3.8, 4) is 29.5 Å². The molecule has 10 heteroatoms. The number of imidazole rings is 1. The summed E-state index contributed by atoms with van der Waals surface area (Å²) < 4.78 is 11.8. The van der Waals surface area contributed by atoms with E-state index in [2.05, 4.69) is 26.0 Å². The monoisotopic (exact) mass is 449 g/mol. The van der Waals surface area contributed by atoms with Crippen LogP contribution in [0.1, 0.15) is 21.7 Å². The molecule has 2 heterocycles. The van der Waals surface area contributed by atoms with Crippen molar-refractivity contribution >= 4 is 28.7 Å². The van der Waals surface area contributed by atoms with E-state index in [9.17, 15) is 4.79 Å². The van der Waals surface area contributed by atoms with Gasteiger partial charge in [-0.3, -0.25) is 4.79 Å². The van der Waals surface area contributed by atoms with Crippen LogP contribution in [-0.4, -0.2) is 39.9 Å². The van der Waals surface area contributed by atoms with Gasteiger partial charge in [0.25, 0.3) is 5.91 Å². The number of H-pyrrole nitrogens is 2. The molecule has 0 fully saturated rings. The van der Waals surface area contributed by atoms with Gasteiger partial charge in [-0.2, -0.15) is 15.2 Å². The number of rotatable bonds is 5. The number of amides is 1. The number of nitrogens with one attached hydrogen (secondary N) is 2. The third-order valence-electron chi connectivity index (χ3n) is 4.43. The maximum Gasteiger partial charge on any atom is 0.507 e. The van der Waals surface area contributed by atoms with Gasteiger partial charge < -0.3 is 19.4 Å². The van der Waals surface area contributed by atoms with E-state index in [1.54, 1.807) is 57.4 Å². The highest BCUT2D eigenvalue weighted by Gasteiger charge is 2.23. The average Bonchev–Trinajstić information content (AvgIpc) is 3.15. The van der Waals surface area contributed by atoms with E-state index in [-0.39, 0.29) is 23.5 Å². The number of nitrogens with zero attached hydrogens (tertiary/aromatic N) is 4. The van der Waals surface area contributed by atoms with E-state index in [4.69, 9.17) is 26.3 Å². The van der Waals surface area contributed by atoms with Crippen LogP contribution in [0, 0.1) is 18.3 Å². The molecule has 32 heavy (non-hydrogen) atoms.